The second kappa shape index (κ2) is 11.5. The summed E-state index contributed by atoms with van der Waals surface area (Å²) in [6.07, 6.45) is 10.9. The number of nitrogens with one attached hydrogen (secondary N) is 1. The minimum absolute atomic E-state index is 0.0306. The number of imidazole rings is 1. The third-order valence-corrected chi connectivity index (χ3v) is 15.2. The molecule has 49 heavy (non-hydrogen) atoms. The molecule has 8 atom stereocenters. The number of carbonyl (C=O) groups excluding carboxylic acids is 3. The lowest BCUT2D eigenvalue weighted by Crippen LogP contribution is -2.67. The average Bonchev–Trinajstić information content (AvgIpc) is 3.54. The minimum atomic E-state index is -1.17. The van der Waals surface area contributed by atoms with E-state index in [2.05, 4.69) is 58.8 Å². The Morgan fingerprint density at radius 1 is 1.00 bits per heavy atom. The number of hydrogen-bond donors (Lipinski definition) is 2. The summed E-state index contributed by atoms with van der Waals surface area (Å²) < 4.78 is 7.88. The van der Waals surface area contributed by atoms with E-state index in [4.69, 9.17) is 4.74 Å². The van der Waals surface area contributed by atoms with Crippen LogP contribution < -0.4 is 5.32 Å². The molecule has 1 heterocycles. The quantitative estimate of drug-likeness (QED) is 0.290. The smallest absolute Gasteiger partial charge is 0.309 e. The van der Waals surface area contributed by atoms with Crippen molar-refractivity contribution in [3.8, 4) is 0 Å². The van der Waals surface area contributed by atoms with E-state index >= 15 is 0 Å². The van der Waals surface area contributed by atoms with Gasteiger partial charge in [-0.3, -0.25) is 19.2 Å². The zero-order chi connectivity index (χ0) is 36.1. The first-order valence-electron chi connectivity index (χ1n) is 18.6. The number of rotatable bonds is 7. The summed E-state index contributed by atoms with van der Waals surface area (Å²) >= 11 is 0. The molecule has 1 amide bonds. The first-order chi connectivity index (χ1) is 22.6. The molecule has 0 bridgehead atoms. The van der Waals surface area contributed by atoms with E-state index in [1.807, 2.05) is 7.05 Å². The Balaban J connectivity index is 1.30. The standard InChI is InChI=1S/C40H59N3O6/c1-23(2)30-25(44)21-40(42-33(46)32-41-19-20-43(32)10)18-17-38(8)24(31(30)40)11-12-27-37(7)15-14-28(49-29(45)22-35(3,4)34(47)48)36(5,6)26(37)13-16-39(27,38)9/h19-20,23-24,26-28H,11-18,21-22H2,1-10H3,(H,42,46)(H,47,48)/t24?,26?,27?,28-,37-,38+,39+,40+/m0/s1. The van der Waals surface area contributed by atoms with Gasteiger partial charge in [-0.15, -0.1) is 0 Å². The topological polar surface area (TPSA) is 128 Å². The van der Waals surface area contributed by atoms with E-state index in [0.29, 0.717) is 24.1 Å². The highest BCUT2D eigenvalue weighted by molar-refractivity contribution is 6.03. The lowest BCUT2D eigenvalue weighted by Gasteiger charge is -2.72. The van der Waals surface area contributed by atoms with Gasteiger partial charge in [0.2, 0.25) is 0 Å². The number of fused-ring (bicyclic) bond motifs is 7. The molecule has 270 valence electrons. The number of carboxylic acid groups (broad SMARTS) is 1. The summed E-state index contributed by atoms with van der Waals surface area (Å²) in [6, 6.07) is 0. The monoisotopic (exact) mass is 677 g/mol. The number of aryl methyl sites for hydroxylation is 1. The van der Waals surface area contributed by atoms with Crippen molar-refractivity contribution in [2.45, 2.75) is 138 Å². The van der Waals surface area contributed by atoms with Gasteiger partial charge in [0.05, 0.1) is 17.4 Å². The fourth-order valence-electron chi connectivity index (χ4n) is 12.4. The number of carbonyl (C=O) groups is 4. The number of esters is 1. The summed E-state index contributed by atoms with van der Waals surface area (Å²) in [4.78, 5) is 56.7. The van der Waals surface area contributed by atoms with Crippen LogP contribution in [0.4, 0.5) is 0 Å². The maximum Gasteiger partial charge on any atom is 0.309 e. The van der Waals surface area contributed by atoms with Crippen molar-refractivity contribution < 1.29 is 29.0 Å². The van der Waals surface area contributed by atoms with Gasteiger partial charge in [-0.2, -0.15) is 0 Å². The molecule has 5 aliphatic carbocycles. The molecule has 3 unspecified atom stereocenters. The van der Waals surface area contributed by atoms with E-state index < -0.39 is 22.9 Å². The zero-order valence-corrected chi connectivity index (χ0v) is 31.5. The Hall–Kier alpha value is -2.97. The molecule has 4 saturated carbocycles. The number of Topliss-reactive ketones (excluding diaryl/α,β-unsaturated/α-hetero) is 1. The highest BCUT2D eigenvalue weighted by atomic mass is 16.5. The zero-order valence-electron chi connectivity index (χ0n) is 31.5. The molecule has 9 nitrogen and oxygen atoms in total. The van der Waals surface area contributed by atoms with E-state index in [1.54, 1.807) is 30.8 Å². The SMILES string of the molecule is CC(C)C1=C2C3CCC4[C@@]5(C)CC[C@H](OC(=O)CC(C)(C)C(=O)O)C(C)(C)C5CC[C@@]4(C)[C@]3(C)CC[C@@]2(NC(=O)c2nccn2C)CC1=O. The summed E-state index contributed by atoms with van der Waals surface area (Å²) in [5.41, 5.74) is 0.0854. The number of amides is 1. The molecule has 2 N–H and O–H groups in total. The van der Waals surface area contributed by atoms with Crippen LogP contribution >= 0.6 is 0 Å². The third kappa shape index (κ3) is 5.17. The molecule has 0 radical (unpaired) electrons. The lowest BCUT2D eigenvalue weighted by atomic mass is 9.33. The molecule has 0 aliphatic heterocycles. The molecule has 1 aromatic heterocycles. The summed E-state index contributed by atoms with van der Waals surface area (Å²) in [6.45, 7) is 19.4. The van der Waals surface area contributed by atoms with Crippen LogP contribution in [0.3, 0.4) is 0 Å². The highest BCUT2D eigenvalue weighted by Gasteiger charge is 2.70. The van der Waals surface area contributed by atoms with Crippen LogP contribution in [0.2, 0.25) is 0 Å². The molecule has 9 heteroatoms. The van der Waals surface area contributed by atoms with Gasteiger partial charge < -0.3 is 19.7 Å². The average molecular weight is 678 g/mol. The number of ether oxygens (including phenoxy) is 1. The predicted octanol–water partition coefficient (Wildman–Crippen LogP) is 7.30. The Labute approximate surface area is 292 Å². The van der Waals surface area contributed by atoms with Gasteiger partial charge in [-0.25, -0.2) is 4.98 Å². The van der Waals surface area contributed by atoms with Gasteiger partial charge in [0.15, 0.2) is 11.6 Å². The van der Waals surface area contributed by atoms with E-state index in [0.717, 1.165) is 56.9 Å². The number of ketones is 1. The van der Waals surface area contributed by atoms with Crippen LogP contribution in [-0.4, -0.2) is 49.9 Å². The summed E-state index contributed by atoms with van der Waals surface area (Å²) in [5.74, 6) is 0.0139. The number of allylic oxidation sites excluding steroid dienone is 1. The number of aromatic nitrogens is 2. The molecule has 0 spiro atoms. The van der Waals surface area contributed by atoms with Crippen molar-refractivity contribution in [1.82, 2.24) is 14.9 Å². The van der Waals surface area contributed by atoms with Crippen LogP contribution in [0.15, 0.2) is 23.5 Å². The van der Waals surface area contributed by atoms with Gasteiger partial charge in [0, 0.05) is 31.3 Å². The number of aliphatic carboxylic acids is 1. The van der Waals surface area contributed by atoms with Crippen molar-refractivity contribution >= 4 is 23.6 Å². The lowest BCUT2D eigenvalue weighted by molar-refractivity contribution is -0.232. The fourth-order valence-corrected chi connectivity index (χ4v) is 12.4. The van der Waals surface area contributed by atoms with E-state index in [9.17, 15) is 24.3 Å². The van der Waals surface area contributed by atoms with Crippen LogP contribution in [-0.2, 0) is 26.2 Å². The molecule has 6 rings (SSSR count). The van der Waals surface area contributed by atoms with Crippen LogP contribution in [0.1, 0.15) is 137 Å². The van der Waals surface area contributed by atoms with Crippen LogP contribution in [0.25, 0.3) is 0 Å². The van der Waals surface area contributed by atoms with Crippen molar-refractivity contribution in [1.29, 1.82) is 0 Å². The Morgan fingerprint density at radius 2 is 1.69 bits per heavy atom. The summed E-state index contributed by atoms with van der Waals surface area (Å²) in [5, 5.41) is 13.0. The Bertz CT molecular complexity index is 1600. The van der Waals surface area contributed by atoms with Crippen molar-refractivity contribution in [3.63, 3.8) is 0 Å². The molecule has 1 aromatic rings. The van der Waals surface area contributed by atoms with Crippen LogP contribution in [0.5, 0.6) is 0 Å². The molecular formula is C40H59N3O6. The highest BCUT2D eigenvalue weighted by Crippen LogP contribution is 2.76. The van der Waals surface area contributed by atoms with Gasteiger partial charge in [-0.05, 0) is 116 Å². The maximum atomic E-state index is 13.9. The van der Waals surface area contributed by atoms with Crippen molar-refractivity contribution in [3.05, 3.63) is 29.4 Å². The molecule has 0 aromatic carbocycles. The van der Waals surface area contributed by atoms with Gasteiger partial charge >= 0.3 is 11.9 Å². The summed E-state index contributed by atoms with van der Waals surface area (Å²) in [7, 11) is 1.82. The molecule has 5 aliphatic rings. The molecule has 0 saturated heterocycles. The molecule has 4 fully saturated rings. The van der Waals surface area contributed by atoms with Gasteiger partial charge in [-0.1, -0.05) is 48.5 Å². The second-order valence-corrected chi connectivity index (χ2v) is 18.8. The molecular weight excluding hydrogens is 618 g/mol. The first kappa shape index (κ1) is 35.8. The van der Waals surface area contributed by atoms with E-state index in [1.165, 1.54) is 5.57 Å². The predicted molar refractivity (Wildman–Crippen MR) is 186 cm³/mol. The Morgan fingerprint density at radius 3 is 2.31 bits per heavy atom. The fraction of sp³-hybridized carbons (Fsp3) is 0.775. The van der Waals surface area contributed by atoms with Crippen LogP contribution in [0, 0.1) is 50.7 Å². The van der Waals surface area contributed by atoms with Gasteiger partial charge in [0.25, 0.3) is 5.91 Å². The number of hydrogen-bond acceptors (Lipinski definition) is 6. The third-order valence-electron chi connectivity index (χ3n) is 15.2. The second-order valence-electron chi connectivity index (χ2n) is 18.8. The van der Waals surface area contributed by atoms with E-state index in [-0.39, 0.29) is 57.7 Å². The first-order valence-corrected chi connectivity index (χ1v) is 18.6. The van der Waals surface area contributed by atoms with Gasteiger partial charge in [0.1, 0.15) is 6.10 Å². The van der Waals surface area contributed by atoms with Crippen molar-refractivity contribution in [2.75, 3.05) is 0 Å². The number of nitrogens with zero attached hydrogens (tertiary/aromatic N) is 2. The largest absolute Gasteiger partial charge is 0.481 e. The minimum Gasteiger partial charge on any atom is -0.481 e. The normalized spacial score (nSPS) is 38.3. The number of carboxylic acids is 1. The maximum absolute atomic E-state index is 13.9. The van der Waals surface area contributed by atoms with Crippen molar-refractivity contribution in [2.24, 2.45) is 57.8 Å². The Kier molecular flexibility index (Phi) is 8.43.